The second kappa shape index (κ2) is 7.69. The van der Waals surface area contributed by atoms with Crippen molar-refractivity contribution in [3.63, 3.8) is 0 Å². The van der Waals surface area contributed by atoms with E-state index in [1.54, 1.807) is 6.92 Å². The molecule has 22 heavy (non-hydrogen) atoms. The zero-order valence-electron chi connectivity index (χ0n) is 13.3. The van der Waals surface area contributed by atoms with E-state index in [9.17, 15) is 9.59 Å². The predicted octanol–water partition coefficient (Wildman–Crippen LogP) is 1.52. The van der Waals surface area contributed by atoms with Crippen LogP contribution in [0.2, 0.25) is 0 Å². The number of rotatable bonds is 5. The molecule has 0 radical (unpaired) electrons. The number of carbonyl (C=O) groups is 2. The molecule has 0 aliphatic carbocycles. The minimum absolute atomic E-state index is 0.0472. The van der Waals surface area contributed by atoms with Gasteiger partial charge in [0.05, 0.1) is 10.7 Å². The van der Waals surface area contributed by atoms with Crippen LogP contribution in [-0.4, -0.2) is 54.0 Å². The number of hydrogen-bond donors (Lipinski definition) is 1. The highest BCUT2D eigenvalue weighted by Gasteiger charge is 2.23. The Morgan fingerprint density at radius 1 is 1.36 bits per heavy atom. The molecule has 1 aliphatic rings. The van der Waals surface area contributed by atoms with Crippen molar-refractivity contribution in [1.82, 2.24) is 15.2 Å². The smallest absolute Gasteiger partial charge is 0.263 e. The molecule has 2 amide bonds. The van der Waals surface area contributed by atoms with Crippen LogP contribution in [0.1, 0.15) is 40.1 Å². The molecule has 2 rings (SSSR count). The standard InChI is InChI=1S/C15H23N3O3S/c1-10-14(22-11(2)17-10)15(20)16-6-7-18(12(3)19)13-4-8-21-9-5-13/h13H,4-9H2,1-3H3,(H,16,20). The second-order valence-corrected chi connectivity index (χ2v) is 6.66. The fourth-order valence-corrected chi connectivity index (χ4v) is 3.54. The Balaban J connectivity index is 1.86. The van der Waals surface area contributed by atoms with Crippen molar-refractivity contribution in [3.05, 3.63) is 15.6 Å². The summed E-state index contributed by atoms with van der Waals surface area (Å²) in [5.74, 6) is -0.0652. The number of carbonyl (C=O) groups excluding carboxylic acids is 2. The van der Waals surface area contributed by atoms with Crippen LogP contribution < -0.4 is 5.32 Å². The van der Waals surface area contributed by atoms with Gasteiger partial charge in [-0.05, 0) is 26.7 Å². The molecule has 0 saturated carbocycles. The minimum atomic E-state index is -0.112. The summed E-state index contributed by atoms with van der Waals surface area (Å²) in [6.07, 6.45) is 1.72. The fraction of sp³-hybridized carbons (Fsp3) is 0.667. The van der Waals surface area contributed by atoms with Crippen molar-refractivity contribution < 1.29 is 14.3 Å². The van der Waals surface area contributed by atoms with Crippen molar-refractivity contribution in [1.29, 1.82) is 0 Å². The Morgan fingerprint density at radius 3 is 2.59 bits per heavy atom. The maximum absolute atomic E-state index is 12.1. The molecule has 1 N–H and O–H groups in total. The third-order valence-corrected chi connectivity index (χ3v) is 4.86. The molecule has 0 aromatic carbocycles. The summed E-state index contributed by atoms with van der Waals surface area (Å²) < 4.78 is 5.33. The Bertz CT molecular complexity index is 538. The van der Waals surface area contributed by atoms with E-state index in [1.165, 1.54) is 11.3 Å². The monoisotopic (exact) mass is 325 g/mol. The van der Waals surface area contributed by atoms with Gasteiger partial charge in [0.2, 0.25) is 5.91 Å². The molecule has 1 fully saturated rings. The van der Waals surface area contributed by atoms with Gasteiger partial charge in [0, 0.05) is 39.3 Å². The van der Waals surface area contributed by atoms with Gasteiger partial charge in [-0.2, -0.15) is 0 Å². The number of hydrogen-bond acceptors (Lipinski definition) is 5. The van der Waals surface area contributed by atoms with Gasteiger partial charge < -0.3 is 15.0 Å². The van der Waals surface area contributed by atoms with Gasteiger partial charge in [-0.3, -0.25) is 9.59 Å². The number of aryl methyl sites for hydroxylation is 2. The molecule has 0 spiro atoms. The van der Waals surface area contributed by atoms with Crippen LogP contribution in [0, 0.1) is 13.8 Å². The first-order valence-corrected chi connectivity index (χ1v) is 8.38. The molecule has 0 bridgehead atoms. The lowest BCUT2D eigenvalue weighted by Gasteiger charge is -2.33. The first-order valence-electron chi connectivity index (χ1n) is 7.56. The summed E-state index contributed by atoms with van der Waals surface area (Å²) in [5.41, 5.74) is 0.757. The van der Waals surface area contributed by atoms with E-state index in [0.29, 0.717) is 31.2 Å². The van der Waals surface area contributed by atoms with Crippen LogP contribution in [0.4, 0.5) is 0 Å². The molecular formula is C15H23N3O3S. The maximum atomic E-state index is 12.1. The Kier molecular flexibility index (Phi) is 5.90. The number of nitrogens with zero attached hydrogens (tertiary/aromatic N) is 2. The normalized spacial score (nSPS) is 15.6. The molecule has 1 saturated heterocycles. The van der Waals surface area contributed by atoms with Gasteiger partial charge >= 0.3 is 0 Å². The number of aromatic nitrogens is 1. The van der Waals surface area contributed by atoms with E-state index in [0.717, 1.165) is 23.5 Å². The van der Waals surface area contributed by atoms with Crippen LogP contribution in [0.3, 0.4) is 0 Å². The zero-order valence-corrected chi connectivity index (χ0v) is 14.2. The van der Waals surface area contributed by atoms with Gasteiger partial charge in [0.15, 0.2) is 0 Å². The highest BCUT2D eigenvalue weighted by molar-refractivity contribution is 7.13. The second-order valence-electron chi connectivity index (χ2n) is 5.46. The third-order valence-electron chi connectivity index (χ3n) is 3.78. The first-order chi connectivity index (χ1) is 10.5. The average molecular weight is 325 g/mol. The number of nitrogens with one attached hydrogen (secondary N) is 1. The van der Waals surface area contributed by atoms with Crippen LogP contribution >= 0.6 is 11.3 Å². The van der Waals surface area contributed by atoms with E-state index in [4.69, 9.17) is 4.74 Å². The molecule has 2 heterocycles. The quantitative estimate of drug-likeness (QED) is 0.891. The van der Waals surface area contributed by atoms with E-state index < -0.39 is 0 Å². The molecule has 1 aliphatic heterocycles. The average Bonchev–Trinajstić information content (AvgIpc) is 2.82. The zero-order chi connectivity index (χ0) is 16.1. The van der Waals surface area contributed by atoms with Crippen LogP contribution in [-0.2, 0) is 9.53 Å². The van der Waals surface area contributed by atoms with Crippen molar-refractivity contribution in [2.24, 2.45) is 0 Å². The third kappa shape index (κ3) is 4.27. The van der Waals surface area contributed by atoms with Gasteiger partial charge in [-0.25, -0.2) is 4.98 Å². The fourth-order valence-electron chi connectivity index (χ4n) is 2.71. The lowest BCUT2D eigenvalue weighted by Crippen LogP contribution is -2.46. The minimum Gasteiger partial charge on any atom is -0.381 e. The molecule has 1 aromatic heterocycles. The maximum Gasteiger partial charge on any atom is 0.263 e. The van der Waals surface area contributed by atoms with Crippen molar-refractivity contribution in [2.75, 3.05) is 26.3 Å². The Morgan fingerprint density at radius 2 is 2.05 bits per heavy atom. The first kappa shape index (κ1) is 16.9. The number of thiazole rings is 1. The van der Waals surface area contributed by atoms with Gasteiger partial charge in [-0.15, -0.1) is 11.3 Å². The molecule has 0 unspecified atom stereocenters. The van der Waals surface area contributed by atoms with Gasteiger partial charge in [0.1, 0.15) is 4.88 Å². The molecule has 6 nitrogen and oxygen atoms in total. The molecule has 0 atom stereocenters. The van der Waals surface area contributed by atoms with E-state index in [-0.39, 0.29) is 17.9 Å². The van der Waals surface area contributed by atoms with Crippen LogP contribution in [0.25, 0.3) is 0 Å². The van der Waals surface area contributed by atoms with Crippen LogP contribution in [0.15, 0.2) is 0 Å². The van der Waals surface area contributed by atoms with E-state index in [1.807, 2.05) is 18.7 Å². The largest absolute Gasteiger partial charge is 0.381 e. The highest BCUT2D eigenvalue weighted by atomic mass is 32.1. The topological polar surface area (TPSA) is 71.5 Å². The summed E-state index contributed by atoms with van der Waals surface area (Å²) in [4.78, 5) is 30.7. The van der Waals surface area contributed by atoms with E-state index >= 15 is 0 Å². The number of ether oxygens (including phenoxy) is 1. The molecule has 7 heteroatoms. The molecule has 122 valence electrons. The Labute approximate surface area is 134 Å². The molecular weight excluding hydrogens is 302 g/mol. The summed E-state index contributed by atoms with van der Waals surface area (Å²) in [6.45, 7) is 7.67. The van der Waals surface area contributed by atoms with Crippen molar-refractivity contribution in [2.45, 2.75) is 39.7 Å². The van der Waals surface area contributed by atoms with Gasteiger partial charge in [0.25, 0.3) is 5.91 Å². The molecule has 1 aromatic rings. The van der Waals surface area contributed by atoms with E-state index in [2.05, 4.69) is 10.3 Å². The van der Waals surface area contributed by atoms with Crippen LogP contribution in [0.5, 0.6) is 0 Å². The van der Waals surface area contributed by atoms with Gasteiger partial charge in [-0.1, -0.05) is 0 Å². The SMILES string of the molecule is CC(=O)N(CCNC(=O)c1sc(C)nc1C)C1CCOCC1. The summed E-state index contributed by atoms with van der Waals surface area (Å²) in [7, 11) is 0. The summed E-state index contributed by atoms with van der Waals surface area (Å²) >= 11 is 1.40. The summed E-state index contributed by atoms with van der Waals surface area (Å²) in [6, 6.07) is 0.218. The van der Waals surface area contributed by atoms with Crippen molar-refractivity contribution >= 4 is 23.2 Å². The van der Waals surface area contributed by atoms with Crippen molar-refractivity contribution in [3.8, 4) is 0 Å². The lowest BCUT2D eigenvalue weighted by molar-refractivity contribution is -0.132. The highest BCUT2D eigenvalue weighted by Crippen LogP contribution is 2.17. The number of amides is 2. The lowest BCUT2D eigenvalue weighted by atomic mass is 10.1. The Hall–Kier alpha value is -1.47. The predicted molar refractivity (Wildman–Crippen MR) is 85.1 cm³/mol. The summed E-state index contributed by atoms with van der Waals surface area (Å²) in [5, 5.41) is 3.77.